The molecule has 3 nitrogen and oxygen atoms in total. The summed E-state index contributed by atoms with van der Waals surface area (Å²) in [5.41, 5.74) is 1.51. The molecular formula is C14H22F3N3S. The van der Waals surface area contributed by atoms with Crippen LogP contribution < -0.4 is 10.6 Å². The van der Waals surface area contributed by atoms with Crippen molar-refractivity contribution in [3.8, 4) is 0 Å². The molecule has 0 amide bonds. The summed E-state index contributed by atoms with van der Waals surface area (Å²) in [4.78, 5) is -0.0542. The van der Waals surface area contributed by atoms with Crippen molar-refractivity contribution in [3.05, 3.63) is 22.8 Å². The number of halogens is 3. The third-order valence-corrected chi connectivity index (χ3v) is 4.25. The van der Waals surface area contributed by atoms with Crippen molar-refractivity contribution in [2.75, 3.05) is 13.1 Å². The number of alkyl halides is 3. The molecule has 120 valence electrons. The zero-order chi connectivity index (χ0) is 16.0. The molecule has 0 aliphatic carbocycles. The molecule has 1 rings (SSSR count). The molecule has 1 aliphatic rings. The van der Waals surface area contributed by atoms with E-state index < -0.39 is 12.6 Å². The van der Waals surface area contributed by atoms with Gasteiger partial charge in [-0.15, -0.1) is 0 Å². The quantitative estimate of drug-likeness (QED) is 0.533. The number of allylic oxidation sites excluding steroid dienone is 2. The zero-order valence-corrected chi connectivity index (χ0v) is 13.2. The van der Waals surface area contributed by atoms with Gasteiger partial charge in [0.25, 0.3) is 0 Å². The second kappa shape index (κ2) is 7.89. The van der Waals surface area contributed by atoms with Crippen LogP contribution in [0.1, 0.15) is 33.1 Å². The zero-order valence-electron chi connectivity index (χ0n) is 12.4. The van der Waals surface area contributed by atoms with Gasteiger partial charge in [-0.3, -0.25) is 5.41 Å². The van der Waals surface area contributed by atoms with E-state index in [0.29, 0.717) is 11.6 Å². The maximum atomic E-state index is 12.3. The molecule has 21 heavy (non-hydrogen) atoms. The van der Waals surface area contributed by atoms with E-state index in [1.54, 1.807) is 6.92 Å². The predicted molar refractivity (Wildman–Crippen MR) is 82.5 cm³/mol. The molecule has 0 aromatic carbocycles. The molecule has 0 bridgehead atoms. The van der Waals surface area contributed by atoms with Crippen LogP contribution in [0.3, 0.4) is 0 Å². The second-order valence-corrected chi connectivity index (χ2v) is 6.37. The van der Waals surface area contributed by atoms with Crippen molar-refractivity contribution in [1.82, 2.24) is 10.6 Å². The number of rotatable bonds is 5. The first-order chi connectivity index (χ1) is 9.69. The maximum Gasteiger partial charge on any atom is 0.393 e. The summed E-state index contributed by atoms with van der Waals surface area (Å²) in [6.45, 7) is 8.91. The van der Waals surface area contributed by atoms with E-state index in [-0.39, 0.29) is 9.95 Å². The fourth-order valence-electron chi connectivity index (χ4n) is 2.03. The van der Waals surface area contributed by atoms with Gasteiger partial charge in [-0.05, 0) is 50.3 Å². The minimum Gasteiger partial charge on any atom is -0.385 e. The average Bonchev–Trinajstić information content (AvgIpc) is 2.36. The third-order valence-electron chi connectivity index (χ3n) is 3.31. The lowest BCUT2D eigenvalue weighted by atomic mass is 10.1. The Bertz CT molecular complexity index is 424. The van der Waals surface area contributed by atoms with Gasteiger partial charge in [0.2, 0.25) is 0 Å². The van der Waals surface area contributed by atoms with Gasteiger partial charge in [0.15, 0.2) is 0 Å². The van der Waals surface area contributed by atoms with E-state index >= 15 is 0 Å². The predicted octanol–water partition coefficient (Wildman–Crippen LogP) is 3.80. The standard InChI is InChI=1S/C14H22F3N3S/c1-9(8-14(15,16)17)21-13(18)10(2)11(3)20-12-4-6-19-7-5-12/h12,18-20H,1,4-8H2,2-3H3/b11-10+,18-13?. The Balaban J connectivity index is 2.54. The summed E-state index contributed by atoms with van der Waals surface area (Å²) in [7, 11) is 0. The summed E-state index contributed by atoms with van der Waals surface area (Å²) in [6.07, 6.45) is -3.32. The van der Waals surface area contributed by atoms with E-state index in [9.17, 15) is 13.2 Å². The molecule has 0 aromatic rings. The van der Waals surface area contributed by atoms with Crippen LogP contribution in [0, 0.1) is 5.41 Å². The number of hydrogen-bond donors (Lipinski definition) is 3. The Morgan fingerprint density at radius 2 is 1.90 bits per heavy atom. The van der Waals surface area contributed by atoms with Crippen LogP contribution in [-0.4, -0.2) is 30.4 Å². The molecule has 0 aromatic heterocycles. The summed E-state index contributed by atoms with van der Waals surface area (Å²) in [6, 6.07) is 0.359. The minimum absolute atomic E-state index is 0.0542. The molecule has 1 fully saturated rings. The SMILES string of the molecule is C=C(CC(F)(F)F)SC(=N)/C(C)=C(\C)NC1CCNCC1. The van der Waals surface area contributed by atoms with Crippen LogP contribution in [0.4, 0.5) is 13.2 Å². The lowest BCUT2D eigenvalue weighted by Crippen LogP contribution is -2.39. The molecule has 0 radical (unpaired) electrons. The number of piperidine rings is 1. The normalized spacial score (nSPS) is 18.1. The van der Waals surface area contributed by atoms with Crippen LogP contribution in [0.25, 0.3) is 0 Å². The molecule has 0 atom stereocenters. The molecule has 0 saturated carbocycles. The van der Waals surface area contributed by atoms with Gasteiger partial charge in [-0.1, -0.05) is 18.3 Å². The highest BCUT2D eigenvalue weighted by atomic mass is 32.2. The third kappa shape index (κ3) is 7.04. The molecule has 0 spiro atoms. The fourth-order valence-corrected chi connectivity index (χ4v) is 2.86. The van der Waals surface area contributed by atoms with Crippen molar-refractivity contribution >= 4 is 16.8 Å². The fraction of sp³-hybridized carbons (Fsp3) is 0.643. The smallest absolute Gasteiger partial charge is 0.385 e. The Labute approximate surface area is 128 Å². The lowest BCUT2D eigenvalue weighted by molar-refractivity contribution is -0.125. The average molecular weight is 321 g/mol. The highest BCUT2D eigenvalue weighted by molar-refractivity contribution is 8.17. The van der Waals surface area contributed by atoms with Crippen LogP contribution in [-0.2, 0) is 0 Å². The molecule has 1 heterocycles. The van der Waals surface area contributed by atoms with E-state index in [0.717, 1.165) is 43.4 Å². The van der Waals surface area contributed by atoms with Gasteiger partial charge < -0.3 is 10.6 Å². The van der Waals surface area contributed by atoms with Crippen molar-refractivity contribution in [2.24, 2.45) is 0 Å². The van der Waals surface area contributed by atoms with Gasteiger partial charge in [-0.25, -0.2) is 0 Å². The first-order valence-corrected chi connectivity index (χ1v) is 7.66. The van der Waals surface area contributed by atoms with Crippen LogP contribution >= 0.6 is 11.8 Å². The lowest BCUT2D eigenvalue weighted by Gasteiger charge is -2.26. The molecule has 7 heteroatoms. The highest BCUT2D eigenvalue weighted by Gasteiger charge is 2.29. The van der Waals surface area contributed by atoms with Crippen molar-refractivity contribution < 1.29 is 13.2 Å². The van der Waals surface area contributed by atoms with Gasteiger partial charge in [0.05, 0.1) is 11.5 Å². The first kappa shape index (κ1) is 18.1. The van der Waals surface area contributed by atoms with Gasteiger partial charge in [0, 0.05) is 11.7 Å². The molecule has 0 unspecified atom stereocenters. The first-order valence-electron chi connectivity index (χ1n) is 6.85. The van der Waals surface area contributed by atoms with Gasteiger partial charge in [-0.2, -0.15) is 13.2 Å². The summed E-state index contributed by atoms with van der Waals surface area (Å²) >= 11 is 0.784. The summed E-state index contributed by atoms with van der Waals surface area (Å²) < 4.78 is 36.8. The Morgan fingerprint density at radius 1 is 1.33 bits per heavy atom. The van der Waals surface area contributed by atoms with E-state index in [4.69, 9.17) is 5.41 Å². The van der Waals surface area contributed by atoms with Crippen LogP contribution in [0.2, 0.25) is 0 Å². The Kier molecular flexibility index (Phi) is 6.80. The second-order valence-electron chi connectivity index (χ2n) is 5.18. The monoisotopic (exact) mass is 321 g/mol. The minimum atomic E-state index is -4.27. The summed E-state index contributed by atoms with van der Waals surface area (Å²) in [5, 5.41) is 14.6. The van der Waals surface area contributed by atoms with Gasteiger partial charge in [0.1, 0.15) is 0 Å². The summed E-state index contributed by atoms with van der Waals surface area (Å²) in [5.74, 6) is 0. The van der Waals surface area contributed by atoms with Gasteiger partial charge >= 0.3 is 6.18 Å². The van der Waals surface area contributed by atoms with Crippen molar-refractivity contribution in [3.63, 3.8) is 0 Å². The molecule has 1 aliphatic heterocycles. The van der Waals surface area contributed by atoms with E-state index in [1.807, 2.05) is 6.92 Å². The van der Waals surface area contributed by atoms with E-state index in [1.165, 1.54) is 0 Å². The molecule has 3 N–H and O–H groups in total. The molecule has 1 saturated heterocycles. The Hall–Kier alpha value is -0.950. The maximum absolute atomic E-state index is 12.3. The number of hydrogen-bond acceptors (Lipinski definition) is 4. The van der Waals surface area contributed by atoms with Crippen molar-refractivity contribution in [2.45, 2.75) is 45.3 Å². The van der Waals surface area contributed by atoms with Crippen LogP contribution in [0.5, 0.6) is 0 Å². The molecular weight excluding hydrogens is 299 g/mol. The largest absolute Gasteiger partial charge is 0.393 e. The number of nitrogens with one attached hydrogen (secondary N) is 3. The number of thioether (sulfide) groups is 1. The Morgan fingerprint density at radius 3 is 2.43 bits per heavy atom. The van der Waals surface area contributed by atoms with E-state index in [2.05, 4.69) is 17.2 Å². The van der Waals surface area contributed by atoms with Crippen molar-refractivity contribution in [1.29, 1.82) is 5.41 Å². The highest BCUT2D eigenvalue weighted by Crippen LogP contribution is 2.31. The van der Waals surface area contributed by atoms with Crippen LogP contribution in [0.15, 0.2) is 22.8 Å². The topological polar surface area (TPSA) is 47.9 Å².